The van der Waals surface area contributed by atoms with E-state index >= 15 is 0 Å². The van der Waals surface area contributed by atoms with Gasteiger partial charge in [0.2, 0.25) is 0 Å². The maximum absolute atomic E-state index is 11.0. The summed E-state index contributed by atoms with van der Waals surface area (Å²) in [5, 5.41) is 1.79. The van der Waals surface area contributed by atoms with Crippen molar-refractivity contribution in [3.63, 3.8) is 0 Å². The lowest BCUT2D eigenvalue weighted by molar-refractivity contribution is -0.116. The van der Waals surface area contributed by atoms with E-state index in [1.165, 1.54) is 0 Å². The van der Waals surface area contributed by atoms with Gasteiger partial charge in [0.25, 0.3) is 0 Å². The number of nitrogens with zero attached hydrogens (tertiary/aromatic N) is 1. The highest BCUT2D eigenvalue weighted by Gasteiger charge is 2.06. The zero-order valence-corrected chi connectivity index (χ0v) is 9.51. The zero-order chi connectivity index (χ0) is 11.0. The first-order chi connectivity index (χ1) is 7.08. The van der Waals surface area contributed by atoms with Crippen LogP contribution in [0.1, 0.15) is 12.5 Å². The summed E-state index contributed by atoms with van der Waals surface area (Å²) in [6.45, 7) is 1.59. The van der Waals surface area contributed by atoms with Crippen molar-refractivity contribution in [2.24, 2.45) is 7.05 Å². The van der Waals surface area contributed by atoms with Gasteiger partial charge in [0.05, 0.1) is 10.5 Å². The molecule has 0 N–H and O–H groups in total. The highest BCUT2D eigenvalue weighted by molar-refractivity contribution is 6.35. The Kier molecular flexibility index (Phi) is 2.53. The highest BCUT2D eigenvalue weighted by atomic mass is 35.5. The fourth-order valence-electron chi connectivity index (χ4n) is 1.83. The summed E-state index contributed by atoms with van der Waals surface area (Å²) in [5.74, 6) is 0.154. The van der Waals surface area contributed by atoms with Crippen LogP contribution in [0.25, 0.3) is 10.9 Å². The molecule has 1 heterocycles. The number of halogens is 1. The molecule has 2 aromatic rings. The van der Waals surface area contributed by atoms with Crippen molar-refractivity contribution in [3.8, 4) is 0 Å². The Morgan fingerprint density at radius 2 is 2.20 bits per heavy atom. The molecule has 3 heteroatoms. The standard InChI is InChI=1S/C12H12ClNO/c1-8(15)5-9-6-10-3-4-14(2)12(10)11(13)7-9/h3-4,6-7H,5H2,1-2H3. The second-order valence-corrected chi connectivity index (χ2v) is 4.23. The quantitative estimate of drug-likeness (QED) is 0.764. The third-order valence-corrected chi connectivity index (χ3v) is 2.72. The largest absolute Gasteiger partial charge is 0.349 e. The molecule has 0 saturated heterocycles. The van der Waals surface area contributed by atoms with Crippen LogP contribution in [0.5, 0.6) is 0 Å². The van der Waals surface area contributed by atoms with Crippen LogP contribution >= 0.6 is 11.6 Å². The first-order valence-electron chi connectivity index (χ1n) is 4.81. The van der Waals surface area contributed by atoms with Gasteiger partial charge in [0.1, 0.15) is 5.78 Å². The number of aryl methyl sites for hydroxylation is 1. The van der Waals surface area contributed by atoms with Gasteiger partial charge in [-0.15, -0.1) is 0 Å². The van der Waals surface area contributed by atoms with Gasteiger partial charge in [0, 0.05) is 25.1 Å². The van der Waals surface area contributed by atoms with Crippen molar-refractivity contribution in [2.75, 3.05) is 0 Å². The van der Waals surface area contributed by atoms with Crippen LogP contribution in [0.2, 0.25) is 5.02 Å². The van der Waals surface area contributed by atoms with Crippen LogP contribution in [0.4, 0.5) is 0 Å². The van der Waals surface area contributed by atoms with Gasteiger partial charge in [0.15, 0.2) is 0 Å². The van der Waals surface area contributed by atoms with Gasteiger partial charge in [-0.25, -0.2) is 0 Å². The molecule has 0 radical (unpaired) electrons. The number of Topliss-reactive ketones (excluding diaryl/α,β-unsaturated/α-hetero) is 1. The van der Waals surface area contributed by atoms with E-state index in [0.29, 0.717) is 11.4 Å². The fourth-order valence-corrected chi connectivity index (χ4v) is 2.22. The molecule has 0 amide bonds. The van der Waals surface area contributed by atoms with E-state index in [2.05, 4.69) is 0 Å². The topological polar surface area (TPSA) is 22.0 Å². The normalized spacial score (nSPS) is 10.9. The Labute approximate surface area is 93.5 Å². The van der Waals surface area contributed by atoms with Crippen molar-refractivity contribution >= 4 is 28.3 Å². The molecule has 0 spiro atoms. The molecule has 0 fully saturated rings. The van der Waals surface area contributed by atoms with Crippen LogP contribution in [0, 0.1) is 0 Å². The average molecular weight is 222 g/mol. The summed E-state index contributed by atoms with van der Waals surface area (Å²) in [5.41, 5.74) is 2.00. The molecule has 0 aliphatic rings. The molecule has 78 valence electrons. The van der Waals surface area contributed by atoms with Crippen LogP contribution in [-0.2, 0) is 18.3 Å². The second-order valence-electron chi connectivity index (χ2n) is 3.82. The number of aromatic nitrogens is 1. The molecule has 0 saturated carbocycles. The number of carbonyl (C=O) groups is 1. The van der Waals surface area contributed by atoms with Crippen LogP contribution < -0.4 is 0 Å². The lowest BCUT2D eigenvalue weighted by atomic mass is 10.1. The molecular formula is C12H12ClNO. The molecule has 0 aliphatic carbocycles. The number of rotatable bonds is 2. The molecule has 1 aromatic carbocycles. The second kappa shape index (κ2) is 3.70. The minimum absolute atomic E-state index is 0.154. The van der Waals surface area contributed by atoms with Gasteiger partial charge in [-0.3, -0.25) is 4.79 Å². The van der Waals surface area contributed by atoms with Crippen molar-refractivity contribution in [3.05, 3.63) is 35.0 Å². The number of ketones is 1. The number of benzene rings is 1. The summed E-state index contributed by atoms with van der Waals surface area (Å²) in [7, 11) is 1.96. The van der Waals surface area contributed by atoms with E-state index in [1.807, 2.05) is 36.0 Å². The number of hydrogen-bond acceptors (Lipinski definition) is 1. The zero-order valence-electron chi connectivity index (χ0n) is 8.75. The van der Waals surface area contributed by atoms with Crippen LogP contribution in [-0.4, -0.2) is 10.4 Å². The lowest BCUT2D eigenvalue weighted by Crippen LogP contribution is -1.96. The summed E-state index contributed by atoms with van der Waals surface area (Å²) in [6.07, 6.45) is 2.42. The third-order valence-electron chi connectivity index (χ3n) is 2.44. The molecule has 15 heavy (non-hydrogen) atoms. The van der Waals surface area contributed by atoms with E-state index in [9.17, 15) is 4.79 Å². The van der Waals surface area contributed by atoms with Crippen molar-refractivity contribution in [2.45, 2.75) is 13.3 Å². The van der Waals surface area contributed by atoms with Crippen LogP contribution in [0.15, 0.2) is 24.4 Å². The summed E-state index contributed by atoms with van der Waals surface area (Å²) < 4.78 is 1.98. The maximum Gasteiger partial charge on any atom is 0.134 e. The molecule has 2 nitrogen and oxygen atoms in total. The van der Waals surface area contributed by atoms with Crippen LogP contribution in [0.3, 0.4) is 0 Å². The van der Waals surface area contributed by atoms with Gasteiger partial charge >= 0.3 is 0 Å². The van der Waals surface area contributed by atoms with Crippen molar-refractivity contribution in [1.82, 2.24) is 4.57 Å². The Hall–Kier alpha value is -1.28. The van der Waals surface area contributed by atoms with Gasteiger partial charge in [-0.2, -0.15) is 0 Å². The smallest absolute Gasteiger partial charge is 0.134 e. The summed E-state index contributed by atoms with van der Waals surface area (Å²) in [6, 6.07) is 5.89. The molecular weight excluding hydrogens is 210 g/mol. The Morgan fingerprint density at radius 3 is 2.87 bits per heavy atom. The minimum atomic E-state index is 0.154. The monoisotopic (exact) mass is 221 g/mol. The molecule has 2 rings (SSSR count). The number of carbonyl (C=O) groups excluding carboxylic acids is 1. The lowest BCUT2D eigenvalue weighted by Gasteiger charge is -2.03. The third kappa shape index (κ3) is 1.90. The Morgan fingerprint density at radius 1 is 1.47 bits per heavy atom. The van der Waals surface area contributed by atoms with E-state index in [4.69, 9.17) is 11.6 Å². The van der Waals surface area contributed by atoms with Gasteiger partial charge in [-0.05, 0) is 30.7 Å². The van der Waals surface area contributed by atoms with E-state index in [1.54, 1.807) is 6.92 Å². The minimum Gasteiger partial charge on any atom is -0.349 e. The first-order valence-corrected chi connectivity index (χ1v) is 5.18. The average Bonchev–Trinajstić information content (AvgIpc) is 2.46. The fraction of sp³-hybridized carbons (Fsp3) is 0.250. The highest BCUT2D eigenvalue weighted by Crippen LogP contribution is 2.26. The van der Waals surface area contributed by atoms with E-state index < -0.39 is 0 Å². The molecule has 0 atom stereocenters. The Bertz CT molecular complexity index is 528. The maximum atomic E-state index is 11.0. The van der Waals surface area contributed by atoms with E-state index in [0.717, 1.165) is 16.5 Å². The van der Waals surface area contributed by atoms with Gasteiger partial charge in [-0.1, -0.05) is 11.6 Å². The SMILES string of the molecule is CC(=O)Cc1cc(Cl)c2c(ccn2C)c1. The number of fused-ring (bicyclic) bond motifs is 1. The van der Waals surface area contributed by atoms with Crippen molar-refractivity contribution < 1.29 is 4.79 Å². The Balaban J connectivity index is 2.58. The predicted molar refractivity (Wildman–Crippen MR) is 62.3 cm³/mol. The molecule has 0 bridgehead atoms. The summed E-state index contributed by atoms with van der Waals surface area (Å²) >= 11 is 6.16. The summed E-state index contributed by atoms with van der Waals surface area (Å²) in [4.78, 5) is 11.0. The predicted octanol–water partition coefficient (Wildman–Crippen LogP) is 2.96. The molecule has 0 unspecified atom stereocenters. The van der Waals surface area contributed by atoms with Crippen molar-refractivity contribution in [1.29, 1.82) is 0 Å². The van der Waals surface area contributed by atoms with Gasteiger partial charge < -0.3 is 4.57 Å². The van der Waals surface area contributed by atoms with E-state index in [-0.39, 0.29) is 5.78 Å². The first kappa shape index (κ1) is 10.2. The molecule has 0 aliphatic heterocycles. The number of hydrogen-bond donors (Lipinski definition) is 0. The molecule has 1 aromatic heterocycles.